The molecule has 0 aliphatic rings. The quantitative estimate of drug-likeness (QED) is 0.400. The summed E-state index contributed by atoms with van der Waals surface area (Å²) in [5.74, 6) is 0. The van der Waals surface area contributed by atoms with Crippen LogP contribution in [0.25, 0.3) is 5.73 Å². The van der Waals surface area contributed by atoms with Crippen molar-refractivity contribution in [2.45, 2.75) is 4.90 Å². The van der Waals surface area contributed by atoms with Gasteiger partial charge in [-0.1, -0.05) is 24.3 Å². The Hall–Kier alpha value is 1.01. The van der Waals surface area contributed by atoms with Crippen LogP contribution in [-0.4, -0.2) is 0 Å². The SMILES string of the molecule is [K+].[NH-]c1ccccc1S. The normalized spacial score (nSPS) is 8.11. The van der Waals surface area contributed by atoms with Crippen LogP contribution in [0.1, 0.15) is 0 Å². The van der Waals surface area contributed by atoms with Gasteiger partial charge in [0.25, 0.3) is 0 Å². The van der Waals surface area contributed by atoms with Gasteiger partial charge in [0.1, 0.15) is 0 Å². The van der Waals surface area contributed by atoms with Crippen molar-refractivity contribution in [3.05, 3.63) is 30.0 Å². The van der Waals surface area contributed by atoms with Crippen molar-refractivity contribution in [2.24, 2.45) is 0 Å². The molecule has 0 saturated carbocycles. The predicted octanol–water partition coefficient (Wildman–Crippen LogP) is -0.337. The van der Waals surface area contributed by atoms with Crippen molar-refractivity contribution in [3.63, 3.8) is 0 Å². The number of thiol groups is 1. The van der Waals surface area contributed by atoms with Crippen molar-refractivity contribution in [3.8, 4) is 0 Å². The molecule has 0 spiro atoms. The molecule has 0 atom stereocenters. The average Bonchev–Trinajstić information content (AvgIpc) is 1.77. The number of hydrogen-bond acceptors (Lipinski definition) is 1. The summed E-state index contributed by atoms with van der Waals surface area (Å²) in [5.41, 5.74) is 7.63. The molecule has 0 bridgehead atoms. The van der Waals surface area contributed by atoms with Crippen LogP contribution in [0, 0.1) is 0 Å². The molecular formula is C6H6KNS. The average molecular weight is 163 g/mol. The number of benzene rings is 1. The van der Waals surface area contributed by atoms with Gasteiger partial charge in [-0.15, -0.1) is 18.3 Å². The van der Waals surface area contributed by atoms with Crippen LogP contribution in [-0.2, 0) is 0 Å². The second kappa shape index (κ2) is 4.77. The summed E-state index contributed by atoms with van der Waals surface area (Å²) in [6.07, 6.45) is 0. The predicted molar refractivity (Wildman–Crippen MR) is 37.7 cm³/mol. The molecule has 9 heavy (non-hydrogen) atoms. The molecule has 42 valence electrons. The van der Waals surface area contributed by atoms with Crippen molar-refractivity contribution in [2.75, 3.05) is 0 Å². The van der Waals surface area contributed by atoms with Crippen LogP contribution in [0.5, 0.6) is 0 Å². The van der Waals surface area contributed by atoms with E-state index in [0.29, 0.717) is 5.69 Å². The molecule has 0 heterocycles. The molecule has 1 nitrogen and oxygen atoms in total. The first-order chi connectivity index (χ1) is 3.80. The Bertz CT molecular complexity index is 169. The molecule has 0 aromatic heterocycles. The third kappa shape index (κ3) is 3.07. The first-order valence-corrected chi connectivity index (χ1v) is 2.75. The van der Waals surface area contributed by atoms with Crippen molar-refractivity contribution < 1.29 is 51.4 Å². The molecule has 0 aliphatic carbocycles. The van der Waals surface area contributed by atoms with Gasteiger partial charge in [-0.3, -0.25) is 0 Å². The van der Waals surface area contributed by atoms with Gasteiger partial charge in [0.05, 0.1) is 0 Å². The Balaban J connectivity index is 0.000000640. The third-order valence-corrected chi connectivity index (χ3v) is 1.29. The molecule has 3 heteroatoms. The topological polar surface area (TPSA) is 23.8 Å². The van der Waals surface area contributed by atoms with Crippen LogP contribution in [0.3, 0.4) is 0 Å². The summed E-state index contributed by atoms with van der Waals surface area (Å²) in [7, 11) is 0. The van der Waals surface area contributed by atoms with Crippen LogP contribution < -0.4 is 51.4 Å². The molecule has 1 N–H and O–H groups in total. The van der Waals surface area contributed by atoms with E-state index >= 15 is 0 Å². The number of hydrogen-bond donors (Lipinski definition) is 1. The Morgan fingerprint density at radius 2 is 1.78 bits per heavy atom. The molecule has 1 aromatic rings. The third-order valence-electron chi connectivity index (χ3n) is 0.904. The molecule has 1 aromatic carbocycles. The molecular weight excluding hydrogens is 157 g/mol. The standard InChI is InChI=1S/C6H6NS.K/c7-5-3-1-2-4-6(5)8;/h1-4,7-8H;/q-1;+1. The minimum absolute atomic E-state index is 0. The van der Waals surface area contributed by atoms with Gasteiger partial charge in [-0.2, -0.15) is 0 Å². The largest absolute Gasteiger partial charge is 1.00 e. The van der Waals surface area contributed by atoms with Gasteiger partial charge in [-0.05, 0) is 4.90 Å². The van der Waals surface area contributed by atoms with Gasteiger partial charge >= 0.3 is 51.4 Å². The van der Waals surface area contributed by atoms with Gasteiger partial charge in [0.15, 0.2) is 0 Å². The van der Waals surface area contributed by atoms with Crippen LogP contribution in [0.15, 0.2) is 29.2 Å². The van der Waals surface area contributed by atoms with Gasteiger partial charge in [0, 0.05) is 0 Å². The fourth-order valence-electron chi connectivity index (χ4n) is 0.474. The Labute approximate surface area is 103 Å². The van der Waals surface area contributed by atoms with E-state index in [0.717, 1.165) is 4.90 Å². The summed E-state index contributed by atoms with van der Waals surface area (Å²) in [6.45, 7) is 0. The van der Waals surface area contributed by atoms with E-state index < -0.39 is 0 Å². The smallest absolute Gasteiger partial charge is 0.698 e. The molecule has 0 saturated heterocycles. The van der Waals surface area contributed by atoms with Crippen molar-refractivity contribution in [1.29, 1.82) is 0 Å². The van der Waals surface area contributed by atoms with Crippen LogP contribution in [0.4, 0.5) is 5.69 Å². The number of rotatable bonds is 0. The molecule has 0 fully saturated rings. The maximum Gasteiger partial charge on any atom is 1.00 e. The second-order valence-corrected chi connectivity index (χ2v) is 2.00. The zero-order valence-corrected chi connectivity index (χ0v) is 9.27. The van der Waals surface area contributed by atoms with Crippen LogP contribution >= 0.6 is 12.6 Å². The molecule has 0 amide bonds. The number of nitrogens with one attached hydrogen (secondary N) is 1. The summed E-state index contributed by atoms with van der Waals surface area (Å²) < 4.78 is 0. The van der Waals surface area contributed by atoms with Gasteiger partial charge in [-0.25, -0.2) is 0 Å². The first-order valence-electron chi connectivity index (χ1n) is 2.30. The Morgan fingerprint density at radius 3 is 2.11 bits per heavy atom. The van der Waals surface area contributed by atoms with E-state index in [1.54, 1.807) is 12.1 Å². The van der Waals surface area contributed by atoms with Crippen molar-refractivity contribution in [1.82, 2.24) is 0 Å². The minimum atomic E-state index is 0. The minimum Gasteiger partial charge on any atom is -0.698 e. The Kier molecular flexibility index (Phi) is 5.30. The van der Waals surface area contributed by atoms with E-state index in [9.17, 15) is 0 Å². The van der Waals surface area contributed by atoms with E-state index in [2.05, 4.69) is 12.6 Å². The summed E-state index contributed by atoms with van der Waals surface area (Å²) in [6, 6.07) is 7.19. The van der Waals surface area contributed by atoms with Crippen LogP contribution in [0.2, 0.25) is 0 Å². The first kappa shape index (κ1) is 10.0. The second-order valence-electron chi connectivity index (χ2n) is 1.52. The fourth-order valence-corrected chi connectivity index (χ4v) is 0.634. The Morgan fingerprint density at radius 1 is 1.22 bits per heavy atom. The molecule has 0 unspecified atom stereocenters. The molecule has 0 aliphatic heterocycles. The monoisotopic (exact) mass is 163 g/mol. The zero-order valence-electron chi connectivity index (χ0n) is 5.26. The van der Waals surface area contributed by atoms with Gasteiger partial charge < -0.3 is 5.73 Å². The van der Waals surface area contributed by atoms with E-state index in [1.165, 1.54) is 0 Å². The molecule has 1 rings (SSSR count). The van der Waals surface area contributed by atoms with Crippen molar-refractivity contribution >= 4 is 18.3 Å². The fraction of sp³-hybridized carbons (Fsp3) is 0. The van der Waals surface area contributed by atoms with E-state index in [-0.39, 0.29) is 51.4 Å². The summed E-state index contributed by atoms with van der Waals surface area (Å²) in [5, 5.41) is 0. The van der Waals surface area contributed by atoms with Gasteiger partial charge in [0.2, 0.25) is 0 Å². The summed E-state index contributed by atoms with van der Waals surface area (Å²) >= 11 is 4.01. The van der Waals surface area contributed by atoms with E-state index in [4.69, 9.17) is 5.73 Å². The molecule has 0 radical (unpaired) electrons. The van der Waals surface area contributed by atoms with E-state index in [1.807, 2.05) is 12.1 Å². The maximum atomic E-state index is 7.14. The zero-order chi connectivity index (χ0) is 5.98. The maximum absolute atomic E-state index is 7.14. The summed E-state index contributed by atoms with van der Waals surface area (Å²) in [4.78, 5) is 0.729.